The summed E-state index contributed by atoms with van der Waals surface area (Å²) in [6, 6.07) is 11.1. The Labute approximate surface area is 129 Å². The molecule has 0 fully saturated rings. The summed E-state index contributed by atoms with van der Waals surface area (Å²) in [6.07, 6.45) is 0. The number of nitrogen functional groups attached to an aromatic ring is 1. The van der Waals surface area contributed by atoms with E-state index in [9.17, 15) is 14.9 Å². The second-order valence-corrected chi connectivity index (χ2v) is 5.26. The number of halogens is 1. The van der Waals surface area contributed by atoms with Crippen molar-refractivity contribution < 1.29 is 9.72 Å². The number of carbonyl (C=O) groups is 1. The zero-order valence-electron chi connectivity index (χ0n) is 10.9. The van der Waals surface area contributed by atoms with Gasteiger partial charge in [-0.05, 0) is 23.8 Å². The molecule has 0 bridgehead atoms. The smallest absolute Gasteiger partial charge is 0.269 e. The number of hydrogen-bond acceptors (Lipinski definition) is 4. The van der Waals surface area contributed by atoms with E-state index in [-0.39, 0.29) is 18.1 Å². The van der Waals surface area contributed by atoms with Crippen molar-refractivity contribution in [3.05, 3.63) is 68.2 Å². The van der Waals surface area contributed by atoms with E-state index in [1.54, 1.807) is 30.3 Å². The van der Waals surface area contributed by atoms with Gasteiger partial charge in [0, 0.05) is 28.8 Å². The van der Waals surface area contributed by atoms with Crippen LogP contribution in [0.4, 0.5) is 11.4 Å². The third-order valence-electron chi connectivity index (χ3n) is 2.83. The van der Waals surface area contributed by atoms with Crippen molar-refractivity contribution in [2.45, 2.75) is 6.54 Å². The Morgan fingerprint density at radius 3 is 2.76 bits per heavy atom. The van der Waals surface area contributed by atoms with Gasteiger partial charge in [-0.25, -0.2) is 0 Å². The van der Waals surface area contributed by atoms with Crippen LogP contribution in [0.25, 0.3) is 0 Å². The Balaban J connectivity index is 2.09. The number of nitrogens with one attached hydrogen (secondary N) is 1. The van der Waals surface area contributed by atoms with Crippen molar-refractivity contribution >= 4 is 33.2 Å². The van der Waals surface area contributed by atoms with E-state index in [0.717, 1.165) is 4.47 Å². The van der Waals surface area contributed by atoms with Gasteiger partial charge in [0.1, 0.15) is 0 Å². The van der Waals surface area contributed by atoms with Crippen molar-refractivity contribution in [3.63, 3.8) is 0 Å². The third kappa shape index (κ3) is 3.79. The van der Waals surface area contributed by atoms with Crippen molar-refractivity contribution in [2.75, 3.05) is 5.73 Å². The summed E-state index contributed by atoms with van der Waals surface area (Å²) in [5, 5.41) is 13.4. The first-order chi connectivity index (χ1) is 9.97. The Morgan fingerprint density at radius 2 is 2.05 bits per heavy atom. The number of non-ortho nitro benzene ring substituents is 1. The average molecular weight is 350 g/mol. The summed E-state index contributed by atoms with van der Waals surface area (Å²) >= 11 is 3.28. The molecular weight excluding hydrogens is 338 g/mol. The molecule has 0 heterocycles. The first-order valence-electron chi connectivity index (χ1n) is 6.04. The normalized spacial score (nSPS) is 10.1. The molecule has 0 aliphatic carbocycles. The molecule has 0 saturated carbocycles. The zero-order valence-corrected chi connectivity index (χ0v) is 12.5. The Morgan fingerprint density at radius 1 is 1.29 bits per heavy atom. The molecule has 0 radical (unpaired) electrons. The SMILES string of the molecule is Nc1ccc(Br)cc1C(=O)NCc1cccc([N+](=O)[O-])c1. The van der Waals surface area contributed by atoms with E-state index in [1.165, 1.54) is 12.1 Å². The molecular formula is C14H12BrN3O3. The number of benzene rings is 2. The molecule has 0 unspecified atom stereocenters. The summed E-state index contributed by atoms with van der Waals surface area (Å²) in [7, 11) is 0. The van der Waals surface area contributed by atoms with Crippen LogP contribution in [-0.4, -0.2) is 10.8 Å². The largest absolute Gasteiger partial charge is 0.398 e. The summed E-state index contributed by atoms with van der Waals surface area (Å²) in [4.78, 5) is 22.3. The van der Waals surface area contributed by atoms with Gasteiger partial charge in [0.25, 0.3) is 11.6 Å². The maximum absolute atomic E-state index is 12.1. The molecule has 108 valence electrons. The van der Waals surface area contributed by atoms with Crippen LogP contribution in [0.1, 0.15) is 15.9 Å². The molecule has 0 aliphatic heterocycles. The van der Waals surface area contributed by atoms with E-state index in [0.29, 0.717) is 16.8 Å². The number of nitrogens with two attached hydrogens (primary N) is 1. The first-order valence-corrected chi connectivity index (χ1v) is 6.83. The van der Waals surface area contributed by atoms with Gasteiger partial charge >= 0.3 is 0 Å². The van der Waals surface area contributed by atoms with Gasteiger partial charge in [-0.3, -0.25) is 14.9 Å². The van der Waals surface area contributed by atoms with Crippen LogP contribution in [0, 0.1) is 10.1 Å². The summed E-state index contributed by atoms with van der Waals surface area (Å²) < 4.78 is 0.747. The number of nitro groups is 1. The van der Waals surface area contributed by atoms with E-state index in [1.807, 2.05) is 0 Å². The molecule has 7 heteroatoms. The van der Waals surface area contributed by atoms with Crippen molar-refractivity contribution in [1.29, 1.82) is 0 Å². The maximum Gasteiger partial charge on any atom is 0.269 e. The van der Waals surface area contributed by atoms with Gasteiger partial charge in [0.15, 0.2) is 0 Å². The van der Waals surface area contributed by atoms with Crippen molar-refractivity contribution in [2.24, 2.45) is 0 Å². The highest BCUT2D eigenvalue weighted by atomic mass is 79.9. The summed E-state index contributed by atoms with van der Waals surface area (Å²) in [5.41, 5.74) is 7.11. The zero-order chi connectivity index (χ0) is 15.4. The molecule has 0 aliphatic rings. The number of hydrogen-bond donors (Lipinski definition) is 2. The topological polar surface area (TPSA) is 98.3 Å². The van der Waals surface area contributed by atoms with E-state index < -0.39 is 4.92 Å². The molecule has 0 atom stereocenters. The predicted octanol–water partition coefficient (Wildman–Crippen LogP) is 2.87. The van der Waals surface area contributed by atoms with Crippen LogP contribution in [0.15, 0.2) is 46.9 Å². The lowest BCUT2D eigenvalue weighted by atomic mass is 10.1. The average Bonchev–Trinajstić information content (AvgIpc) is 2.47. The number of nitrogens with zero attached hydrogens (tertiary/aromatic N) is 1. The highest BCUT2D eigenvalue weighted by Crippen LogP contribution is 2.18. The van der Waals surface area contributed by atoms with Gasteiger partial charge in [0.2, 0.25) is 0 Å². The number of amides is 1. The minimum Gasteiger partial charge on any atom is -0.398 e. The molecule has 0 saturated heterocycles. The van der Waals surface area contributed by atoms with Crippen LogP contribution < -0.4 is 11.1 Å². The highest BCUT2D eigenvalue weighted by molar-refractivity contribution is 9.10. The number of anilines is 1. The van der Waals surface area contributed by atoms with E-state index in [4.69, 9.17) is 5.73 Å². The molecule has 2 aromatic carbocycles. The van der Waals surface area contributed by atoms with Gasteiger partial charge < -0.3 is 11.1 Å². The van der Waals surface area contributed by atoms with Gasteiger partial charge in [-0.15, -0.1) is 0 Å². The van der Waals surface area contributed by atoms with Gasteiger partial charge in [-0.1, -0.05) is 28.1 Å². The van der Waals surface area contributed by atoms with E-state index >= 15 is 0 Å². The quantitative estimate of drug-likeness (QED) is 0.503. The van der Waals surface area contributed by atoms with Gasteiger partial charge in [-0.2, -0.15) is 0 Å². The van der Waals surface area contributed by atoms with Crippen LogP contribution in [0.2, 0.25) is 0 Å². The van der Waals surface area contributed by atoms with Crippen LogP contribution in [0.3, 0.4) is 0 Å². The van der Waals surface area contributed by atoms with Crippen LogP contribution >= 0.6 is 15.9 Å². The Kier molecular flexibility index (Phi) is 4.54. The fraction of sp³-hybridized carbons (Fsp3) is 0.0714. The lowest BCUT2D eigenvalue weighted by molar-refractivity contribution is -0.384. The molecule has 1 amide bonds. The minimum atomic E-state index is -0.475. The summed E-state index contributed by atoms with van der Waals surface area (Å²) in [5.74, 6) is -0.333. The summed E-state index contributed by atoms with van der Waals surface area (Å²) in [6.45, 7) is 0.187. The van der Waals surface area contributed by atoms with Crippen molar-refractivity contribution in [3.8, 4) is 0 Å². The minimum absolute atomic E-state index is 0.0104. The molecule has 2 rings (SSSR count). The lowest BCUT2D eigenvalue weighted by Gasteiger charge is -2.08. The Hall–Kier alpha value is -2.41. The highest BCUT2D eigenvalue weighted by Gasteiger charge is 2.11. The maximum atomic E-state index is 12.1. The van der Waals surface area contributed by atoms with Crippen molar-refractivity contribution in [1.82, 2.24) is 5.32 Å². The fourth-order valence-corrected chi connectivity index (χ4v) is 2.14. The van der Waals surface area contributed by atoms with Crippen LogP contribution in [0.5, 0.6) is 0 Å². The first kappa shape index (κ1) is 15.0. The number of rotatable bonds is 4. The second-order valence-electron chi connectivity index (χ2n) is 4.34. The molecule has 6 nitrogen and oxygen atoms in total. The Bertz CT molecular complexity index is 704. The predicted molar refractivity (Wildman–Crippen MR) is 82.8 cm³/mol. The molecule has 0 spiro atoms. The molecule has 2 aromatic rings. The van der Waals surface area contributed by atoms with Gasteiger partial charge in [0.05, 0.1) is 10.5 Å². The van der Waals surface area contributed by atoms with Crippen LogP contribution in [-0.2, 0) is 6.54 Å². The lowest BCUT2D eigenvalue weighted by Crippen LogP contribution is -2.23. The monoisotopic (exact) mass is 349 g/mol. The second kappa shape index (κ2) is 6.36. The number of carbonyl (C=O) groups excluding carboxylic acids is 1. The molecule has 3 N–H and O–H groups in total. The number of nitro benzene ring substituents is 1. The fourth-order valence-electron chi connectivity index (χ4n) is 1.78. The molecule has 21 heavy (non-hydrogen) atoms. The van der Waals surface area contributed by atoms with E-state index in [2.05, 4.69) is 21.2 Å². The third-order valence-corrected chi connectivity index (χ3v) is 3.33. The standard InChI is InChI=1S/C14H12BrN3O3/c15-10-4-5-13(16)12(7-10)14(19)17-8-9-2-1-3-11(6-9)18(20)21/h1-7H,8,16H2,(H,17,19). The molecule has 0 aromatic heterocycles.